The fourth-order valence-corrected chi connectivity index (χ4v) is 2.62. The van der Waals surface area contributed by atoms with Gasteiger partial charge in [-0.3, -0.25) is 0 Å². The summed E-state index contributed by atoms with van der Waals surface area (Å²) in [6.07, 6.45) is 2.88. The first-order chi connectivity index (χ1) is 8.49. The minimum absolute atomic E-state index is 0.0585. The number of rotatable bonds is 4. The van der Waals surface area contributed by atoms with Crippen LogP contribution >= 0.6 is 11.6 Å². The fourth-order valence-electron chi connectivity index (χ4n) is 2.16. The standard InChI is InChI=1S/C12H15ClN2O3/c1-3-12(2)9(13)7-10(12)18-8-5-4-6-14-11(8)15(16)17/h4-6,9-10H,3,7H2,1-2H3. The fraction of sp³-hybridized carbons (Fsp3) is 0.583. The highest BCUT2D eigenvalue weighted by atomic mass is 35.5. The van der Waals surface area contributed by atoms with E-state index in [0.717, 1.165) is 6.42 Å². The van der Waals surface area contributed by atoms with Crippen molar-refractivity contribution in [2.24, 2.45) is 5.41 Å². The van der Waals surface area contributed by atoms with Crippen LogP contribution < -0.4 is 4.74 Å². The third-order valence-electron chi connectivity index (χ3n) is 3.83. The van der Waals surface area contributed by atoms with Gasteiger partial charge in [-0.15, -0.1) is 11.6 Å². The number of ether oxygens (including phenoxy) is 1. The molecule has 0 spiro atoms. The predicted octanol–water partition coefficient (Wildman–Crippen LogP) is 3.16. The van der Waals surface area contributed by atoms with Gasteiger partial charge in [0.2, 0.25) is 5.75 Å². The SMILES string of the molecule is CCC1(C)C(Cl)CC1Oc1cccnc1[N+](=O)[O-]. The van der Waals surface area contributed by atoms with Crippen molar-refractivity contribution in [3.05, 3.63) is 28.4 Å². The molecule has 3 atom stereocenters. The second kappa shape index (κ2) is 4.72. The van der Waals surface area contributed by atoms with Crippen molar-refractivity contribution in [2.75, 3.05) is 0 Å². The van der Waals surface area contributed by atoms with E-state index in [2.05, 4.69) is 4.98 Å². The molecule has 0 bridgehead atoms. The maximum atomic E-state index is 10.8. The Balaban J connectivity index is 2.18. The molecule has 0 radical (unpaired) electrons. The van der Waals surface area contributed by atoms with Gasteiger partial charge in [0.15, 0.2) is 0 Å². The van der Waals surface area contributed by atoms with Gasteiger partial charge in [0.1, 0.15) is 12.3 Å². The molecule has 5 nitrogen and oxygen atoms in total. The van der Waals surface area contributed by atoms with Crippen LogP contribution in [0.3, 0.4) is 0 Å². The van der Waals surface area contributed by atoms with Crippen LogP contribution in [-0.4, -0.2) is 21.4 Å². The summed E-state index contributed by atoms with van der Waals surface area (Å²) in [6.45, 7) is 4.09. The molecule has 1 saturated carbocycles. The molecule has 18 heavy (non-hydrogen) atoms. The molecule has 1 aliphatic carbocycles. The Hall–Kier alpha value is -1.36. The first kappa shape index (κ1) is 13.1. The van der Waals surface area contributed by atoms with Gasteiger partial charge < -0.3 is 14.9 Å². The Kier molecular flexibility index (Phi) is 3.43. The number of hydrogen-bond donors (Lipinski definition) is 0. The van der Waals surface area contributed by atoms with Crippen molar-refractivity contribution >= 4 is 17.4 Å². The predicted molar refractivity (Wildman–Crippen MR) is 68.0 cm³/mol. The van der Waals surface area contributed by atoms with Crippen molar-refractivity contribution in [2.45, 2.75) is 38.2 Å². The van der Waals surface area contributed by atoms with Crippen molar-refractivity contribution in [1.82, 2.24) is 4.98 Å². The Morgan fingerprint density at radius 1 is 1.72 bits per heavy atom. The summed E-state index contributed by atoms with van der Waals surface area (Å²) in [5, 5.41) is 10.9. The minimum atomic E-state index is -0.532. The molecule has 1 aromatic heterocycles. The molecule has 0 aliphatic heterocycles. The summed E-state index contributed by atoms with van der Waals surface area (Å²) in [5.74, 6) is -0.0234. The molecule has 1 fully saturated rings. The lowest BCUT2D eigenvalue weighted by Crippen LogP contribution is -2.55. The summed E-state index contributed by atoms with van der Waals surface area (Å²) in [6, 6.07) is 3.20. The van der Waals surface area contributed by atoms with Crippen LogP contribution in [0.25, 0.3) is 0 Å². The molecule has 6 heteroatoms. The van der Waals surface area contributed by atoms with E-state index in [1.54, 1.807) is 12.1 Å². The van der Waals surface area contributed by atoms with Crippen molar-refractivity contribution in [3.63, 3.8) is 0 Å². The molecular formula is C12H15ClN2O3. The Morgan fingerprint density at radius 3 is 3.00 bits per heavy atom. The van der Waals surface area contributed by atoms with Crippen LogP contribution in [-0.2, 0) is 0 Å². The van der Waals surface area contributed by atoms with Crippen molar-refractivity contribution in [3.8, 4) is 5.75 Å². The molecule has 0 amide bonds. The average Bonchev–Trinajstić information content (AvgIpc) is 2.37. The topological polar surface area (TPSA) is 65.3 Å². The zero-order valence-corrected chi connectivity index (χ0v) is 11.1. The van der Waals surface area contributed by atoms with E-state index in [1.165, 1.54) is 6.20 Å². The molecule has 0 aromatic carbocycles. The molecule has 2 rings (SSSR count). The Morgan fingerprint density at radius 2 is 2.44 bits per heavy atom. The van der Waals surface area contributed by atoms with Crippen molar-refractivity contribution in [1.29, 1.82) is 0 Å². The number of pyridine rings is 1. The van der Waals surface area contributed by atoms with E-state index in [1.807, 2.05) is 13.8 Å². The van der Waals surface area contributed by atoms with Crippen LogP contribution in [0.4, 0.5) is 5.82 Å². The lowest BCUT2D eigenvalue weighted by molar-refractivity contribution is -0.391. The highest BCUT2D eigenvalue weighted by Gasteiger charge is 2.51. The van der Waals surface area contributed by atoms with Crippen LogP contribution in [0.15, 0.2) is 18.3 Å². The van der Waals surface area contributed by atoms with Gasteiger partial charge in [-0.25, -0.2) is 0 Å². The first-order valence-corrected chi connectivity index (χ1v) is 6.32. The monoisotopic (exact) mass is 270 g/mol. The highest BCUT2D eigenvalue weighted by molar-refractivity contribution is 6.21. The van der Waals surface area contributed by atoms with Gasteiger partial charge in [-0.2, -0.15) is 0 Å². The maximum absolute atomic E-state index is 10.8. The number of hydrogen-bond acceptors (Lipinski definition) is 4. The van der Waals surface area contributed by atoms with Gasteiger partial charge >= 0.3 is 5.82 Å². The quantitative estimate of drug-likeness (QED) is 0.479. The van der Waals surface area contributed by atoms with E-state index in [-0.39, 0.29) is 28.5 Å². The number of alkyl halides is 1. The van der Waals surface area contributed by atoms with Gasteiger partial charge in [0, 0.05) is 17.2 Å². The van der Waals surface area contributed by atoms with Crippen molar-refractivity contribution < 1.29 is 9.66 Å². The van der Waals surface area contributed by atoms with E-state index in [0.29, 0.717) is 6.42 Å². The molecule has 1 heterocycles. The van der Waals surface area contributed by atoms with Gasteiger partial charge in [0.05, 0.1) is 0 Å². The van der Waals surface area contributed by atoms with E-state index < -0.39 is 4.92 Å². The van der Waals surface area contributed by atoms with E-state index >= 15 is 0 Å². The second-order valence-electron chi connectivity index (χ2n) is 4.75. The number of nitrogens with zero attached hydrogens (tertiary/aromatic N) is 2. The van der Waals surface area contributed by atoms with Crippen LogP contribution in [0, 0.1) is 15.5 Å². The molecule has 1 aliphatic rings. The van der Waals surface area contributed by atoms with Gasteiger partial charge in [-0.1, -0.05) is 13.8 Å². The lowest BCUT2D eigenvalue weighted by atomic mass is 9.65. The van der Waals surface area contributed by atoms with Crippen LogP contribution in [0.2, 0.25) is 0 Å². The molecule has 1 aromatic rings. The van der Waals surface area contributed by atoms with Gasteiger partial charge in [-0.05, 0) is 28.5 Å². The number of halogens is 1. The zero-order valence-electron chi connectivity index (χ0n) is 10.3. The third-order valence-corrected chi connectivity index (χ3v) is 4.50. The Bertz CT molecular complexity index is 468. The highest BCUT2D eigenvalue weighted by Crippen LogP contribution is 2.49. The first-order valence-electron chi connectivity index (χ1n) is 5.89. The second-order valence-corrected chi connectivity index (χ2v) is 5.28. The third kappa shape index (κ3) is 2.03. The number of nitro groups is 1. The summed E-state index contributed by atoms with van der Waals surface area (Å²) >= 11 is 6.19. The molecular weight excluding hydrogens is 256 g/mol. The molecule has 98 valence electrons. The summed E-state index contributed by atoms with van der Waals surface area (Å²) < 4.78 is 5.73. The van der Waals surface area contributed by atoms with Crippen LogP contribution in [0.5, 0.6) is 5.75 Å². The number of aromatic nitrogens is 1. The molecule has 3 unspecified atom stereocenters. The smallest absolute Gasteiger partial charge is 0.406 e. The average molecular weight is 271 g/mol. The normalized spacial score (nSPS) is 30.6. The molecule has 0 N–H and O–H groups in total. The van der Waals surface area contributed by atoms with E-state index in [4.69, 9.17) is 16.3 Å². The Labute approximate surface area is 110 Å². The van der Waals surface area contributed by atoms with Crippen LogP contribution in [0.1, 0.15) is 26.7 Å². The lowest BCUT2D eigenvalue weighted by Gasteiger charge is -2.50. The summed E-state index contributed by atoms with van der Waals surface area (Å²) in [5.41, 5.74) is -0.134. The summed E-state index contributed by atoms with van der Waals surface area (Å²) in [4.78, 5) is 14.0. The van der Waals surface area contributed by atoms with Gasteiger partial charge in [0.25, 0.3) is 0 Å². The maximum Gasteiger partial charge on any atom is 0.406 e. The zero-order chi connectivity index (χ0) is 13.3. The summed E-state index contributed by atoms with van der Waals surface area (Å²) in [7, 11) is 0. The largest absolute Gasteiger partial charge is 0.482 e. The minimum Gasteiger partial charge on any atom is -0.482 e. The molecule has 0 saturated heterocycles. The van der Waals surface area contributed by atoms with E-state index in [9.17, 15) is 10.1 Å².